The molecule has 1 saturated heterocycles. The number of amides is 1. The molecule has 1 aromatic carbocycles. The van der Waals surface area contributed by atoms with Gasteiger partial charge in [0.15, 0.2) is 11.6 Å². The lowest BCUT2D eigenvalue weighted by Crippen LogP contribution is -2.41. The van der Waals surface area contributed by atoms with Crippen LogP contribution in [-0.2, 0) is 4.79 Å². The summed E-state index contributed by atoms with van der Waals surface area (Å²) in [5, 5.41) is 6.24. The van der Waals surface area contributed by atoms with E-state index in [2.05, 4.69) is 10.6 Å². The summed E-state index contributed by atoms with van der Waals surface area (Å²) in [6, 6.07) is 4.74. The van der Waals surface area contributed by atoms with E-state index in [1.165, 1.54) is 13.2 Å². The molecule has 2 unspecified atom stereocenters. The number of halogens is 2. The lowest BCUT2D eigenvalue weighted by Gasteiger charge is -2.23. The summed E-state index contributed by atoms with van der Waals surface area (Å²) in [6.45, 7) is 2.80. The smallest absolute Gasteiger partial charge is 0.222 e. The van der Waals surface area contributed by atoms with Crippen LogP contribution in [0.1, 0.15) is 24.9 Å². The summed E-state index contributed by atoms with van der Waals surface area (Å²) < 4.78 is 18.6. The molecule has 0 spiro atoms. The van der Waals surface area contributed by atoms with Crippen LogP contribution >= 0.6 is 24.2 Å². The van der Waals surface area contributed by atoms with Crippen molar-refractivity contribution in [1.29, 1.82) is 0 Å². The zero-order valence-electron chi connectivity index (χ0n) is 12.7. The molecule has 1 amide bonds. The molecule has 2 atom stereocenters. The Labute approximate surface area is 141 Å². The maximum absolute atomic E-state index is 13.7. The van der Waals surface area contributed by atoms with Gasteiger partial charge in [-0.25, -0.2) is 4.39 Å². The monoisotopic (exact) mass is 348 g/mol. The van der Waals surface area contributed by atoms with Crippen molar-refractivity contribution in [1.82, 2.24) is 10.6 Å². The van der Waals surface area contributed by atoms with Crippen LogP contribution in [0.15, 0.2) is 18.2 Å². The minimum Gasteiger partial charge on any atom is -0.494 e. The normalized spacial score (nSPS) is 19.0. The van der Waals surface area contributed by atoms with Gasteiger partial charge in [-0.2, -0.15) is 11.8 Å². The Kier molecular flexibility index (Phi) is 8.00. The van der Waals surface area contributed by atoms with Crippen LogP contribution in [0, 0.1) is 5.82 Å². The first-order chi connectivity index (χ1) is 10.1. The summed E-state index contributed by atoms with van der Waals surface area (Å²) in [4.78, 5) is 12.0. The van der Waals surface area contributed by atoms with Crippen molar-refractivity contribution in [2.24, 2.45) is 0 Å². The number of thioether (sulfide) groups is 1. The van der Waals surface area contributed by atoms with E-state index in [-0.39, 0.29) is 36.1 Å². The summed E-state index contributed by atoms with van der Waals surface area (Å²) in [5.74, 6) is 1.83. The average molecular weight is 349 g/mol. The van der Waals surface area contributed by atoms with Crippen molar-refractivity contribution in [2.45, 2.75) is 25.4 Å². The number of ether oxygens (including phenoxy) is 1. The van der Waals surface area contributed by atoms with Crippen molar-refractivity contribution in [2.75, 3.05) is 25.2 Å². The molecule has 1 aromatic rings. The zero-order valence-corrected chi connectivity index (χ0v) is 14.4. The Morgan fingerprint density at radius 1 is 1.59 bits per heavy atom. The quantitative estimate of drug-likeness (QED) is 0.858. The Morgan fingerprint density at radius 3 is 2.95 bits per heavy atom. The number of nitrogens with one attached hydrogen (secondary N) is 2. The van der Waals surface area contributed by atoms with E-state index in [0.29, 0.717) is 6.42 Å². The molecule has 2 rings (SSSR count). The lowest BCUT2D eigenvalue weighted by atomic mass is 10.1. The molecule has 0 aliphatic carbocycles. The molecule has 0 bridgehead atoms. The third-order valence-electron chi connectivity index (χ3n) is 3.48. The molecule has 1 heterocycles. The van der Waals surface area contributed by atoms with Crippen LogP contribution in [0.2, 0.25) is 0 Å². The molecule has 2 N–H and O–H groups in total. The van der Waals surface area contributed by atoms with Gasteiger partial charge in [-0.1, -0.05) is 6.07 Å². The van der Waals surface area contributed by atoms with Gasteiger partial charge >= 0.3 is 0 Å². The molecule has 0 saturated carbocycles. The number of hydrogen-bond donors (Lipinski definition) is 2. The van der Waals surface area contributed by atoms with Gasteiger partial charge in [0.25, 0.3) is 0 Å². The minimum absolute atomic E-state index is 0. The Balaban J connectivity index is 0.00000242. The Hall–Kier alpha value is -0.980. The van der Waals surface area contributed by atoms with Gasteiger partial charge in [-0.3, -0.25) is 4.79 Å². The Morgan fingerprint density at radius 2 is 2.36 bits per heavy atom. The fraction of sp³-hybridized carbons (Fsp3) is 0.533. The maximum atomic E-state index is 13.7. The molecule has 0 radical (unpaired) electrons. The maximum Gasteiger partial charge on any atom is 0.222 e. The second-order valence-electron chi connectivity index (χ2n) is 5.11. The van der Waals surface area contributed by atoms with E-state index in [0.717, 1.165) is 23.6 Å². The molecule has 4 nitrogen and oxygen atoms in total. The third kappa shape index (κ3) is 5.34. The standard InChI is InChI=1S/C15H21FN2O2S.ClH/c1-10(11-3-4-14(20-2)13(16)7-11)18-15(19)8-12-9-21-6-5-17-12;/h3-4,7,10,12,17H,5-6,8-9H2,1-2H3,(H,18,19);1H. The van der Waals surface area contributed by atoms with Crippen LogP contribution in [0.25, 0.3) is 0 Å². The summed E-state index contributed by atoms with van der Waals surface area (Å²) in [5.41, 5.74) is 0.729. The van der Waals surface area contributed by atoms with E-state index in [1.807, 2.05) is 18.7 Å². The van der Waals surface area contributed by atoms with Gasteiger partial charge < -0.3 is 15.4 Å². The van der Waals surface area contributed by atoms with Crippen molar-refractivity contribution >= 4 is 30.1 Å². The average Bonchev–Trinajstić information content (AvgIpc) is 2.48. The molecular formula is C15H22ClFN2O2S. The highest BCUT2D eigenvalue weighted by Gasteiger charge is 2.18. The fourth-order valence-electron chi connectivity index (χ4n) is 2.31. The van der Waals surface area contributed by atoms with Crippen LogP contribution in [0.3, 0.4) is 0 Å². The van der Waals surface area contributed by atoms with Crippen LogP contribution in [0.5, 0.6) is 5.75 Å². The first-order valence-corrected chi connectivity index (χ1v) is 8.19. The lowest BCUT2D eigenvalue weighted by molar-refractivity contribution is -0.122. The zero-order chi connectivity index (χ0) is 15.2. The minimum atomic E-state index is -0.415. The topological polar surface area (TPSA) is 50.4 Å². The second-order valence-corrected chi connectivity index (χ2v) is 6.26. The van der Waals surface area contributed by atoms with Gasteiger partial charge in [-0.05, 0) is 24.6 Å². The fourth-order valence-corrected chi connectivity index (χ4v) is 3.26. The predicted molar refractivity (Wildman–Crippen MR) is 90.5 cm³/mol. The van der Waals surface area contributed by atoms with Gasteiger partial charge in [0.05, 0.1) is 13.2 Å². The number of benzene rings is 1. The van der Waals surface area contributed by atoms with Crippen LogP contribution < -0.4 is 15.4 Å². The van der Waals surface area contributed by atoms with Crippen molar-refractivity contribution in [3.05, 3.63) is 29.6 Å². The predicted octanol–water partition coefficient (Wildman–Crippen LogP) is 2.53. The second kappa shape index (κ2) is 9.22. The first-order valence-electron chi connectivity index (χ1n) is 7.04. The molecule has 1 aliphatic rings. The molecule has 0 aromatic heterocycles. The molecule has 22 heavy (non-hydrogen) atoms. The molecule has 7 heteroatoms. The number of carbonyl (C=O) groups is 1. The summed E-state index contributed by atoms with van der Waals surface area (Å²) >= 11 is 1.86. The summed E-state index contributed by atoms with van der Waals surface area (Å²) in [6.07, 6.45) is 0.454. The van der Waals surface area contributed by atoms with E-state index in [4.69, 9.17) is 4.74 Å². The molecule has 124 valence electrons. The largest absolute Gasteiger partial charge is 0.494 e. The van der Waals surface area contributed by atoms with Gasteiger partial charge in [0.1, 0.15) is 0 Å². The van der Waals surface area contributed by atoms with Crippen LogP contribution in [-0.4, -0.2) is 37.1 Å². The highest BCUT2D eigenvalue weighted by Crippen LogP contribution is 2.22. The number of carbonyl (C=O) groups excluding carboxylic acids is 1. The van der Waals surface area contributed by atoms with E-state index in [9.17, 15) is 9.18 Å². The first kappa shape index (κ1) is 19.1. The highest BCUT2D eigenvalue weighted by atomic mass is 35.5. The number of methoxy groups -OCH3 is 1. The van der Waals surface area contributed by atoms with Crippen molar-refractivity contribution in [3.8, 4) is 5.75 Å². The van der Waals surface area contributed by atoms with Gasteiger partial charge in [0.2, 0.25) is 5.91 Å². The van der Waals surface area contributed by atoms with Gasteiger partial charge in [-0.15, -0.1) is 12.4 Å². The third-order valence-corrected chi connectivity index (χ3v) is 4.61. The summed E-state index contributed by atoms with van der Waals surface area (Å²) in [7, 11) is 1.43. The number of rotatable bonds is 5. The molecular weight excluding hydrogens is 327 g/mol. The highest BCUT2D eigenvalue weighted by molar-refractivity contribution is 7.99. The van der Waals surface area contributed by atoms with E-state index < -0.39 is 5.82 Å². The SMILES string of the molecule is COc1ccc(C(C)NC(=O)CC2CSCCN2)cc1F.Cl. The molecule has 1 aliphatic heterocycles. The Bertz CT molecular complexity index is 498. The van der Waals surface area contributed by atoms with Gasteiger partial charge in [0, 0.05) is 30.5 Å². The van der Waals surface area contributed by atoms with Crippen LogP contribution in [0.4, 0.5) is 4.39 Å². The van der Waals surface area contributed by atoms with Crippen molar-refractivity contribution in [3.63, 3.8) is 0 Å². The molecule has 1 fully saturated rings. The number of hydrogen-bond acceptors (Lipinski definition) is 4. The van der Waals surface area contributed by atoms with E-state index in [1.54, 1.807) is 12.1 Å². The van der Waals surface area contributed by atoms with E-state index >= 15 is 0 Å². The van der Waals surface area contributed by atoms with Crippen molar-refractivity contribution < 1.29 is 13.9 Å².